The van der Waals surface area contributed by atoms with Gasteiger partial charge < -0.3 is 10.1 Å². The number of aromatic nitrogens is 5. The average Bonchev–Trinajstić information content (AvgIpc) is 3.42. The van der Waals surface area contributed by atoms with Crippen molar-refractivity contribution in [3.05, 3.63) is 60.0 Å². The summed E-state index contributed by atoms with van der Waals surface area (Å²) in [5, 5.41) is 9.45. The van der Waals surface area contributed by atoms with Crippen molar-refractivity contribution in [2.75, 3.05) is 18.2 Å². The topological polar surface area (TPSA) is 94.8 Å². The standard InChI is InChI=1S/C23H20N6O2S2/c1-13-4-5-15(8-14(13)2)29-21-17(10-26-29)22(25-12-24-21)32-11-20(30)28-23-27-18-7-6-16(31-3)9-19(18)33-23/h4-10,12H,11H2,1-3H3,(H,27,28,30). The fourth-order valence-corrected chi connectivity index (χ4v) is 5.03. The second kappa shape index (κ2) is 8.80. The van der Waals surface area contributed by atoms with Crippen LogP contribution in [0.5, 0.6) is 5.75 Å². The van der Waals surface area contributed by atoms with Gasteiger partial charge in [-0.05, 0) is 55.3 Å². The van der Waals surface area contributed by atoms with Crippen LogP contribution < -0.4 is 10.1 Å². The quantitative estimate of drug-likeness (QED) is 0.278. The first-order chi connectivity index (χ1) is 16.0. The highest BCUT2D eigenvalue weighted by Gasteiger charge is 2.14. The summed E-state index contributed by atoms with van der Waals surface area (Å²) in [6.07, 6.45) is 3.24. The van der Waals surface area contributed by atoms with E-state index in [0.717, 1.165) is 27.0 Å². The molecular weight excluding hydrogens is 456 g/mol. The second-order valence-corrected chi connectivity index (χ2v) is 9.43. The van der Waals surface area contributed by atoms with Gasteiger partial charge in [0, 0.05) is 0 Å². The number of carbonyl (C=O) groups excluding carboxylic acids is 1. The SMILES string of the molecule is COc1ccc2nc(NC(=O)CSc3ncnc4c3cnn4-c3ccc(C)c(C)c3)sc2c1. The first-order valence-corrected chi connectivity index (χ1v) is 12.0. The number of amides is 1. The van der Waals surface area contributed by atoms with Gasteiger partial charge >= 0.3 is 0 Å². The van der Waals surface area contributed by atoms with E-state index in [-0.39, 0.29) is 11.7 Å². The van der Waals surface area contributed by atoms with Gasteiger partial charge in [-0.2, -0.15) is 5.10 Å². The molecule has 2 aromatic carbocycles. The molecular formula is C23H20N6O2S2. The molecule has 0 saturated heterocycles. The molecule has 0 aliphatic carbocycles. The Morgan fingerprint density at radius 2 is 2.03 bits per heavy atom. The summed E-state index contributed by atoms with van der Waals surface area (Å²) in [7, 11) is 1.62. The first-order valence-electron chi connectivity index (χ1n) is 10.2. The zero-order valence-electron chi connectivity index (χ0n) is 18.2. The van der Waals surface area contributed by atoms with Crippen LogP contribution in [-0.2, 0) is 4.79 Å². The Bertz CT molecular complexity index is 1490. The van der Waals surface area contributed by atoms with E-state index in [1.807, 2.05) is 24.3 Å². The molecule has 0 bridgehead atoms. The number of benzene rings is 2. The van der Waals surface area contributed by atoms with Crippen molar-refractivity contribution in [1.82, 2.24) is 24.7 Å². The van der Waals surface area contributed by atoms with Crippen LogP contribution in [0.1, 0.15) is 11.1 Å². The zero-order chi connectivity index (χ0) is 22.9. The van der Waals surface area contributed by atoms with Crippen LogP contribution >= 0.6 is 23.1 Å². The van der Waals surface area contributed by atoms with Gasteiger partial charge in [-0.1, -0.05) is 29.2 Å². The molecule has 8 nitrogen and oxygen atoms in total. The van der Waals surface area contributed by atoms with E-state index in [4.69, 9.17) is 4.74 Å². The zero-order valence-corrected chi connectivity index (χ0v) is 19.8. The van der Waals surface area contributed by atoms with E-state index >= 15 is 0 Å². The number of fused-ring (bicyclic) bond motifs is 2. The van der Waals surface area contributed by atoms with Crippen molar-refractivity contribution in [3.63, 3.8) is 0 Å². The van der Waals surface area contributed by atoms with Gasteiger partial charge in [-0.15, -0.1) is 0 Å². The fraction of sp³-hybridized carbons (Fsp3) is 0.174. The van der Waals surface area contributed by atoms with E-state index in [2.05, 4.69) is 51.3 Å². The molecule has 33 heavy (non-hydrogen) atoms. The van der Waals surface area contributed by atoms with Gasteiger partial charge in [-0.25, -0.2) is 19.6 Å². The monoisotopic (exact) mass is 476 g/mol. The molecule has 0 unspecified atom stereocenters. The van der Waals surface area contributed by atoms with Crippen molar-refractivity contribution in [1.29, 1.82) is 0 Å². The maximum atomic E-state index is 12.6. The van der Waals surface area contributed by atoms with Crippen LogP contribution in [0.2, 0.25) is 0 Å². The Kier molecular flexibility index (Phi) is 5.69. The van der Waals surface area contributed by atoms with E-state index in [1.54, 1.807) is 18.0 Å². The third kappa shape index (κ3) is 4.27. The number of hydrogen-bond acceptors (Lipinski definition) is 8. The van der Waals surface area contributed by atoms with Gasteiger partial charge in [0.15, 0.2) is 10.8 Å². The Balaban J connectivity index is 1.32. The summed E-state index contributed by atoms with van der Waals surface area (Å²) in [5.41, 5.74) is 4.87. The number of methoxy groups -OCH3 is 1. The maximum Gasteiger partial charge on any atom is 0.236 e. The number of ether oxygens (including phenoxy) is 1. The summed E-state index contributed by atoms with van der Waals surface area (Å²) in [5.74, 6) is 0.799. The normalized spacial score (nSPS) is 11.2. The van der Waals surface area contributed by atoms with Crippen LogP contribution in [0.15, 0.2) is 53.9 Å². The third-order valence-electron chi connectivity index (χ3n) is 5.25. The average molecular weight is 477 g/mol. The van der Waals surface area contributed by atoms with Crippen LogP contribution in [0, 0.1) is 13.8 Å². The molecule has 5 rings (SSSR count). The van der Waals surface area contributed by atoms with Gasteiger partial charge in [0.2, 0.25) is 5.91 Å². The second-order valence-electron chi connectivity index (χ2n) is 7.43. The molecule has 3 heterocycles. The molecule has 0 aliphatic heterocycles. The lowest BCUT2D eigenvalue weighted by molar-refractivity contribution is -0.113. The highest BCUT2D eigenvalue weighted by molar-refractivity contribution is 8.00. The van der Waals surface area contributed by atoms with Crippen LogP contribution in [0.4, 0.5) is 5.13 Å². The number of thioether (sulfide) groups is 1. The molecule has 0 spiro atoms. The van der Waals surface area contributed by atoms with E-state index < -0.39 is 0 Å². The van der Waals surface area contributed by atoms with Crippen molar-refractivity contribution in [2.24, 2.45) is 0 Å². The van der Waals surface area contributed by atoms with E-state index in [1.165, 1.54) is 40.6 Å². The number of hydrogen-bond donors (Lipinski definition) is 1. The molecule has 0 aliphatic rings. The number of aryl methyl sites for hydroxylation is 2. The minimum atomic E-state index is -0.153. The highest BCUT2D eigenvalue weighted by Crippen LogP contribution is 2.30. The van der Waals surface area contributed by atoms with Crippen molar-refractivity contribution in [3.8, 4) is 11.4 Å². The fourth-order valence-electron chi connectivity index (χ4n) is 3.36. The molecule has 10 heteroatoms. The van der Waals surface area contributed by atoms with Crippen molar-refractivity contribution < 1.29 is 9.53 Å². The lowest BCUT2D eigenvalue weighted by Gasteiger charge is -2.07. The minimum Gasteiger partial charge on any atom is -0.497 e. The summed E-state index contributed by atoms with van der Waals surface area (Å²) in [6.45, 7) is 4.15. The van der Waals surface area contributed by atoms with Gasteiger partial charge in [0.25, 0.3) is 0 Å². The lowest BCUT2D eigenvalue weighted by Crippen LogP contribution is -2.13. The molecule has 0 atom stereocenters. The summed E-state index contributed by atoms with van der Waals surface area (Å²) >= 11 is 2.76. The van der Waals surface area contributed by atoms with Crippen LogP contribution in [0.3, 0.4) is 0 Å². The molecule has 0 radical (unpaired) electrons. The van der Waals surface area contributed by atoms with E-state index in [9.17, 15) is 4.79 Å². The van der Waals surface area contributed by atoms with Crippen molar-refractivity contribution >= 4 is 55.4 Å². The predicted molar refractivity (Wildman–Crippen MR) is 132 cm³/mol. The largest absolute Gasteiger partial charge is 0.497 e. The number of nitrogens with one attached hydrogen (secondary N) is 1. The molecule has 3 aromatic heterocycles. The maximum absolute atomic E-state index is 12.6. The molecule has 1 amide bonds. The Hall–Kier alpha value is -3.50. The molecule has 1 N–H and O–H groups in total. The Morgan fingerprint density at radius 3 is 2.85 bits per heavy atom. The van der Waals surface area contributed by atoms with Crippen LogP contribution in [0.25, 0.3) is 26.9 Å². The first kappa shape index (κ1) is 21.4. The smallest absolute Gasteiger partial charge is 0.236 e. The van der Waals surface area contributed by atoms with Gasteiger partial charge in [0.05, 0.1) is 40.3 Å². The summed E-state index contributed by atoms with van der Waals surface area (Å²) in [4.78, 5) is 25.8. The Morgan fingerprint density at radius 1 is 1.15 bits per heavy atom. The molecule has 0 fully saturated rings. The van der Waals surface area contributed by atoms with Crippen molar-refractivity contribution in [2.45, 2.75) is 18.9 Å². The highest BCUT2D eigenvalue weighted by atomic mass is 32.2. The molecule has 166 valence electrons. The number of anilines is 1. The van der Waals surface area contributed by atoms with E-state index in [0.29, 0.717) is 15.8 Å². The third-order valence-corrected chi connectivity index (χ3v) is 7.19. The van der Waals surface area contributed by atoms with Gasteiger partial charge in [-0.3, -0.25) is 4.79 Å². The molecule has 5 aromatic rings. The predicted octanol–water partition coefficient (Wildman–Crippen LogP) is 4.78. The Labute approximate surface area is 198 Å². The minimum absolute atomic E-state index is 0.153. The molecule has 0 saturated carbocycles. The number of rotatable bonds is 6. The number of carbonyl (C=O) groups is 1. The lowest BCUT2D eigenvalue weighted by atomic mass is 10.1. The number of nitrogens with zero attached hydrogens (tertiary/aromatic N) is 5. The summed E-state index contributed by atoms with van der Waals surface area (Å²) in [6, 6.07) is 11.8. The van der Waals surface area contributed by atoms with Crippen LogP contribution in [-0.4, -0.2) is 43.5 Å². The summed E-state index contributed by atoms with van der Waals surface area (Å²) < 4.78 is 7.99. The number of thiazole rings is 1. The van der Waals surface area contributed by atoms with Gasteiger partial charge in [0.1, 0.15) is 17.1 Å².